The molecule has 59 heavy (non-hydrogen) atoms. The molecule has 0 spiro atoms. The summed E-state index contributed by atoms with van der Waals surface area (Å²) in [5, 5.41) is -1.05. The van der Waals surface area contributed by atoms with Gasteiger partial charge in [-0.3, -0.25) is 9.59 Å². The Kier molecular flexibility index (Phi) is 13.2. The van der Waals surface area contributed by atoms with Crippen molar-refractivity contribution >= 4 is 31.9 Å². The Morgan fingerprint density at radius 1 is 0.949 bits per heavy atom. The second kappa shape index (κ2) is 17.9. The van der Waals surface area contributed by atoms with Crippen LogP contribution < -0.4 is 18.9 Å². The third-order valence-electron chi connectivity index (χ3n) is 13.1. The Bertz CT molecular complexity index is 2090. The predicted molar refractivity (Wildman–Crippen MR) is 219 cm³/mol. The summed E-state index contributed by atoms with van der Waals surface area (Å²) in [7, 11) is -5.66. The number of sulfonamides is 2. The maximum atomic E-state index is 14.3. The number of hydrogen-bond donors (Lipinski definition) is 2. The van der Waals surface area contributed by atoms with Gasteiger partial charge in [0.05, 0.1) is 41.9 Å². The Hall–Kier alpha value is -3.42. The Morgan fingerprint density at radius 3 is 2.39 bits per heavy atom. The normalized spacial score (nSPS) is 28.0. The number of fused-ring (bicyclic) bond motifs is 5. The number of piperidine rings is 1. The lowest BCUT2D eigenvalue weighted by Crippen LogP contribution is -2.62. The minimum absolute atomic E-state index is 0.0273. The molecule has 2 amide bonds. The highest BCUT2D eigenvalue weighted by molar-refractivity contribution is 7.90. The zero-order chi connectivity index (χ0) is 42.2. The van der Waals surface area contributed by atoms with Crippen molar-refractivity contribution in [1.29, 1.82) is 0 Å². The summed E-state index contributed by atoms with van der Waals surface area (Å²) in [5.41, 5.74) is 4.41. The molecule has 4 unspecified atom stereocenters. The third kappa shape index (κ3) is 9.57. The lowest BCUT2D eigenvalue weighted by atomic mass is 9.81. The van der Waals surface area contributed by atoms with E-state index in [2.05, 4.69) is 19.4 Å². The second-order valence-electron chi connectivity index (χ2n) is 17.2. The molecule has 326 valence electrons. The third-order valence-corrected chi connectivity index (χ3v) is 16.9. The molecule has 6 aliphatic rings. The quantitative estimate of drug-likeness (QED) is 0.317. The standard InChI is InChI=1S/C41H60N6O10S2/c1-24(2)58(50,51)45-34-17-29(18-47-36(34)20-55-30-9-7-28(8-10-30)40-27(5)42-23-43-41(40)57-22-39(47)49)32-13-14-37(26(4)25(32)3)56-21-38(48)46-16-15-33(35(46)19-54-6)44-59(52,53)31-11-12-31/h13-14,23-24,28-31,33-36,44-45H,7-12,15-22H2,1-6H3/t28?,29?,30?,33-,34?,35?,36?/m0/s1. The van der Waals surface area contributed by atoms with Gasteiger partial charge in [0.1, 0.15) is 12.1 Å². The molecule has 8 rings (SSSR count). The van der Waals surface area contributed by atoms with Gasteiger partial charge in [-0.05, 0) is 115 Å². The van der Waals surface area contributed by atoms with Crippen LogP contribution in [0.2, 0.25) is 0 Å². The number of nitrogens with zero attached hydrogens (tertiary/aromatic N) is 4. The number of ether oxygens (including phenoxy) is 4. The first-order chi connectivity index (χ1) is 28.1. The number of amides is 2. The van der Waals surface area contributed by atoms with Crippen molar-refractivity contribution in [3.8, 4) is 11.6 Å². The highest BCUT2D eigenvalue weighted by Gasteiger charge is 2.45. The van der Waals surface area contributed by atoms with Gasteiger partial charge in [-0.15, -0.1) is 0 Å². The molecule has 5 atom stereocenters. The number of rotatable bonds is 12. The van der Waals surface area contributed by atoms with Gasteiger partial charge in [-0.25, -0.2) is 36.2 Å². The van der Waals surface area contributed by atoms with Gasteiger partial charge in [-0.2, -0.15) is 0 Å². The van der Waals surface area contributed by atoms with Crippen molar-refractivity contribution in [2.45, 2.75) is 139 Å². The second-order valence-corrected chi connectivity index (χ2v) is 21.5. The van der Waals surface area contributed by atoms with Crippen molar-refractivity contribution in [2.75, 3.05) is 46.6 Å². The average Bonchev–Trinajstić information content (AvgIpc) is 4.00. The molecule has 4 aliphatic heterocycles. The number of benzene rings is 1. The summed E-state index contributed by atoms with van der Waals surface area (Å²) < 4.78 is 82.5. The van der Waals surface area contributed by atoms with E-state index in [1.54, 1.807) is 23.6 Å². The van der Waals surface area contributed by atoms with E-state index in [0.29, 0.717) is 50.4 Å². The maximum absolute atomic E-state index is 14.3. The Balaban J connectivity index is 1.11. The van der Waals surface area contributed by atoms with Crippen molar-refractivity contribution < 1.29 is 45.4 Å². The molecule has 1 aromatic heterocycles. The zero-order valence-corrected chi connectivity index (χ0v) is 36.6. The number of carbonyl (C=O) groups is 2. The largest absolute Gasteiger partial charge is 0.483 e. The Morgan fingerprint density at radius 2 is 1.69 bits per heavy atom. The van der Waals surface area contributed by atoms with Crippen LogP contribution in [0.4, 0.5) is 0 Å². The highest BCUT2D eigenvalue weighted by atomic mass is 32.2. The molecule has 1 aromatic carbocycles. The number of nitrogens with one attached hydrogen (secondary N) is 2. The monoisotopic (exact) mass is 860 g/mol. The van der Waals surface area contributed by atoms with Crippen LogP contribution in [-0.4, -0.2) is 136 Å². The summed E-state index contributed by atoms with van der Waals surface area (Å²) in [5.74, 6) is 0.291. The summed E-state index contributed by atoms with van der Waals surface area (Å²) in [6.07, 6.45) is 7.00. The summed E-state index contributed by atoms with van der Waals surface area (Å²) in [6, 6.07) is 1.63. The zero-order valence-electron chi connectivity index (χ0n) is 35.0. The van der Waals surface area contributed by atoms with Gasteiger partial charge < -0.3 is 28.7 Å². The lowest BCUT2D eigenvalue weighted by Gasteiger charge is -2.45. The van der Waals surface area contributed by atoms with Gasteiger partial charge >= 0.3 is 0 Å². The van der Waals surface area contributed by atoms with Crippen LogP contribution in [0.3, 0.4) is 0 Å². The molecule has 2 saturated heterocycles. The summed E-state index contributed by atoms with van der Waals surface area (Å²) in [4.78, 5) is 40.1. The number of likely N-dealkylation sites (tertiary alicyclic amines) is 1. The fourth-order valence-corrected chi connectivity index (χ4v) is 11.9. The molecule has 2 bridgehead atoms. The van der Waals surface area contributed by atoms with Crippen molar-refractivity contribution in [2.24, 2.45) is 0 Å². The summed E-state index contributed by atoms with van der Waals surface area (Å²) in [6.45, 7) is 9.61. The van der Waals surface area contributed by atoms with Crippen LogP contribution in [-0.2, 0) is 39.1 Å². The molecule has 2 aromatic rings. The molecule has 2 saturated carbocycles. The molecule has 16 nitrogen and oxygen atoms in total. The number of methoxy groups -OCH3 is 1. The summed E-state index contributed by atoms with van der Waals surface area (Å²) >= 11 is 0. The van der Waals surface area contributed by atoms with Gasteiger partial charge in [0.25, 0.3) is 11.8 Å². The van der Waals surface area contributed by atoms with Crippen LogP contribution in [0.5, 0.6) is 11.6 Å². The fourth-order valence-electron chi connectivity index (χ4n) is 9.33. The molecule has 18 heteroatoms. The van der Waals surface area contributed by atoms with Crippen molar-refractivity contribution in [1.82, 2.24) is 29.2 Å². The number of hydrogen-bond acceptors (Lipinski definition) is 12. The van der Waals surface area contributed by atoms with E-state index in [1.165, 1.54) is 13.4 Å². The highest BCUT2D eigenvalue weighted by Crippen LogP contribution is 2.41. The SMILES string of the molecule is COCC1[C@@H](NS(=O)(=O)C2CC2)CCN1C(=O)COc1ccc(C2CC(NS(=O)(=O)C(C)C)C3COC4CCC(CC4)c4c(C)ncnc4OCC(=O)N3C2)c(C)c1C. The van der Waals surface area contributed by atoms with Crippen LogP contribution >= 0.6 is 0 Å². The number of aromatic nitrogens is 2. The van der Waals surface area contributed by atoms with Gasteiger partial charge in [0, 0.05) is 49.5 Å². The Labute approximate surface area is 348 Å². The van der Waals surface area contributed by atoms with Gasteiger partial charge in [-0.1, -0.05) is 6.07 Å². The van der Waals surface area contributed by atoms with E-state index >= 15 is 0 Å². The van der Waals surface area contributed by atoms with Crippen molar-refractivity contribution in [3.05, 3.63) is 46.4 Å². The maximum Gasteiger partial charge on any atom is 0.260 e. The van der Waals surface area contributed by atoms with Gasteiger partial charge in [0.2, 0.25) is 25.9 Å². The lowest BCUT2D eigenvalue weighted by molar-refractivity contribution is -0.141. The van der Waals surface area contributed by atoms with E-state index in [-0.39, 0.29) is 61.4 Å². The van der Waals surface area contributed by atoms with E-state index in [0.717, 1.165) is 53.6 Å². The van der Waals surface area contributed by atoms with Crippen LogP contribution in [0.15, 0.2) is 18.5 Å². The molecule has 2 aliphatic carbocycles. The van der Waals surface area contributed by atoms with E-state index in [9.17, 15) is 26.4 Å². The molecule has 5 heterocycles. The van der Waals surface area contributed by atoms with E-state index in [4.69, 9.17) is 18.9 Å². The van der Waals surface area contributed by atoms with E-state index < -0.39 is 49.5 Å². The molecule has 0 radical (unpaired) electrons. The van der Waals surface area contributed by atoms with Crippen LogP contribution in [0.1, 0.15) is 105 Å². The molecular formula is C41H60N6O10S2. The number of aryl methyl sites for hydroxylation is 1. The minimum Gasteiger partial charge on any atom is -0.483 e. The van der Waals surface area contributed by atoms with Crippen molar-refractivity contribution in [3.63, 3.8) is 0 Å². The van der Waals surface area contributed by atoms with Crippen LogP contribution in [0.25, 0.3) is 0 Å². The first-order valence-corrected chi connectivity index (χ1v) is 24.1. The predicted octanol–water partition coefficient (Wildman–Crippen LogP) is 2.99. The minimum atomic E-state index is -3.74. The molecular weight excluding hydrogens is 801 g/mol. The first kappa shape index (κ1) is 43.7. The van der Waals surface area contributed by atoms with E-state index in [1.807, 2.05) is 32.9 Å². The fraction of sp³-hybridized carbons (Fsp3) is 0.707. The first-order valence-electron chi connectivity index (χ1n) is 21.0. The van der Waals surface area contributed by atoms with Gasteiger partial charge in [0.15, 0.2) is 13.2 Å². The molecule has 2 N–H and O–H groups in total. The average molecular weight is 861 g/mol. The smallest absolute Gasteiger partial charge is 0.260 e. The molecule has 4 fully saturated rings. The number of carbonyl (C=O) groups excluding carboxylic acids is 2. The van der Waals surface area contributed by atoms with Crippen LogP contribution in [0, 0.1) is 20.8 Å². The topological polar surface area (TPSA) is 196 Å².